The van der Waals surface area contributed by atoms with Crippen molar-refractivity contribution in [2.45, 2.75) is 17.1 Å². The smallest absolute Gasteiger partial charge is 0.272 e. The first kappa shape index (κ1) is 34.6. The predicted octanol–water partition coefficient (Wildman–Crippen LogP) is 8.58. The maximum absolute atomic E-state index is 14.6. The number of carbonyl (C=O) groups is 3. The molecule has 12 heteroatoms. The van der Waals surface area contributed by atoms with Crippen molar-refractivity contribution >= 4 is 64.2 Å². The summed E-state index contributed by atoms with van der Waals surface area (Å²) in [6.07, 6.45) is 1.17. The van der Waals surface area contributed by atoms with Crippen molar-refractivity contribution in [3.63, 3.8) is 0 Å². The van der Waals surface area contributed by atoms with Crippen LogP contribution < -0.4 is 16.0 Å². The summed E-state index contributed by atoms with van der Waals surface area (Å²) in [4.78, 5) is 51.5. The highest BCUT2D eigenvalue weighted by atomic mass is 35.5. The second kappa shape index (κ2) is 15.9. The van der Waals surface area contributed by atoms with Crippen LogP contribution in [0.25, 0.3) is 6.08 Å². The van der Waals surface area contributed by atoms with Crippen LogP contribution in [0.1, 0.15) is 32.3 Å². The summed E-state index contributed by atoms with van der Waals surface area (Å²) in [6, 6.07) is 32.3. The van der Waals surface area contributed by atoms with Gasteiger partial charge in [-0.15, -0.1) is 11.8 Å². The van der Waals surface area contributed by atoms with Crippen LogP contribution in [0.15, 0.2) is 132 Å². The van der Waals surface area contributed by atoms with E-state index >= 15 is 0 Å². The minimum Gasteiger partial charge on any atom is -0.324 e. The molecule has 5 rings (SSSR count). The Bertz CT molecular complexity index is 2020. The molecule has 3 N–H and O–H groups in total. The van der Waals surface area contributed by atoms with E-state index in [9.17, 15) is 28.9 Å². The summed E-state index contributed by atoms with van der Waals surface area (Å²) in [5.41, 5.74) is 1.91. The molecule has 1 unspecified atom stereocenters. The lowest BCUT2D eigenvalue weighted by atomic mass is 10.1. The van der Waals surface area contributed by atoms with Crippen molar-refractivity contribution in [2.75, 3.05) is 10.6 Å². The van der Waals surface area contributed by atoms with E-state index in [1.54, 1.807) is 67.6 Å². The molecule has 49 heavy (non-hydrogen) atoms. The number of nitro groups is 1. The van der Waals surface area contributed by atoms with E-state index in [1.807, 2.05) is 30.3 Å². The van der Waals surface area contributed by atoms with Crippen LogP contribution in [0.5, 0.6) is 0 Å². The molecule has 0 aliphatic carbocycles. The number of halogens is 2. The number of benzene rings is 5. The van der Waals surface area contributed by atoms with Crippen LogP contribution in [0.2, 0.25) is 5.02 Å². The SMILES string of the molecule is Cc1ccc([N+](=O)[O-])cc1NC(=O)C(Sc1ccc(NC(=O)/C(=C/c2c(F)cccc2Cl)NC(=O)c2ccccc2)cc1)c1ccccc1. The third kappa shape index (κ3) is 8.98. The van der Waals surface area contributed by atoms with Gasteiger partial charge in [0.05, 0.1) is 15.6 Å². The molecule has 9 nitrogen and oxygen atoms in total. The van der Waals surface area contributed by atoms with E-state index in [1.165, 1.54) is 48.2 Å². The minimum atomic E-state index is -0.728. The van der Waals surface area contributed by atoms with Gasteiger partial charge in [-0.25, -0.2) is 4.39 Å². The number of rotatable bonds is 11. The Balaban J connectivity index is 1.36. The maximum Gasteiger partial charge on any atom is 0.272 e. The lowest BCUT2D eigenvalue weighted by Crippen LogP contribution is -2.30. The van der Waals surface area contributed by atoms with Gasteiger partial charge in [0.25, 0.3) is 17.5 Å². The average molecular weight is 695 g/mol. The zero-order valence-electron chi connectivity index (χ0n) is 25.9. The molecule has 0 fully saturated rings. The van der Waals surface area contributed by atoms with E-state index < -0.39 is 27.8 Å². The first-order valence-corrected chi connectivity index (χ1v) is 16.1. The third-order valence-electron chi connectivity index (χ3n) is 7.21. The van der Waals surface area contributed by atoms with Gasteiger partial charge >= 0.3 is 0 Å². The first-order valence-electron chi connectivity index (χ1n) is 14.8. The Labute approximate surface area is 290 Å². The van der Waals surface area contributed by atoms with Crippen LogP contribution in [0, 0.1) is 22.9 Å². The summed E-state index contributed by atoms with van der Waals surface area (Å²) >= 11 is 7.45. The second-order valence-corrected chi connectivity index (χ2v) is 12.2. The van der Waals surface area contributed by atoms with Crippen molar-refractivity contribution in [1.29, 1.82) is 0 Å². The van der Waals surface area contributed by atoms with E-state index in [-0.39, 0.29) is 27.9 Å². The number of carbonyl (C=O) groups excluding carboxylic acids is 3. The van der Waals surface area contributed by atoms with Gasteiger partial charge in [0.1, 0.15) is 16.8 Å². The maximum atomic E-state index is 14.6. The first-order chi connectivity index (χ1) is 23.6. The summed E-state index contributed by atoms with van der Waals surface area (Å²) in [5.74, 6) is -2.36. The van der Waals surface area contributed by atoms with E-state index in [0.29, 0.717) is 33.0 Å². The summed E-state index contributed by atoms with van der Waals surface area (Å²) in [6.45, 7) is 1.75. The normalized spacial score (nSPS) is 11.7. The number of anilines is 2. The van der Waals surface area contributed by atoms with Crippen molar-refractivity contribution in [2.24, 2.45) is 0 Å². The van der Waals surface area contributed by atoms with Gasteiger partial charge in [-0.05, 0) is 72.7 Å². The molecule has 5 aromatic carbocycles. The quantitative estimate of drug-likeness (QED) is 0.0550. The molecule has 0 radical (unpaired) electrons. The van der Waals surface area contributed by atoms with Crippen molar-refractivity contribution in [3.8, 4) is 0 Å². The number of amides is 3. The summed E-state index contributed by atoms with van der Waals surface area (Å²) < 4.78 is 14.6. The van der Waals surface area contributed by atoms with Gasteiger partial charge in [0, 0.05) is 33.8 Å². The zero-order valence-corrected chi connectivity index (χ0v) is 27.4. The molecule has 0 spiro atoms. The summed E-state index contributed by atoms with van der Waals surface area (Å²) in [7, 11) is 0. The fraction of sp³-hybridized carbons (Fsp3) is 0.0541. The monoisotopic (exact) mass is 694 g/mol. The zero-order chi connectivity index (χ0) is 34.9. The van der Waals surface area contributed by atoms with Crippen molar-refractivity contribution in [3.05, 3.63) is 170 Å². The molecular weight excluding hydrogens is 667 g/mol. The lowest BCUT2D eigenvalue weighted by molar-refractivity contribution is -0.384. The van der Waals surface area contributed by atoms with Gasteiger partial charge in [0.2, 0.25) is 5.91 Å². The molecule has 3 amide bonds. The second-order valence-electron chi connectivity index (χ2n) is 10.6. The van der Waals surface area contributed by atoms with Gasteiger partial charge in [0.15, 0.2) is 0 Å². The number of nitro benzene ring substituents is 1. The van der Waals surface area contributed by atoms with Crippen LogP contribution in [-0.4, -0.2) is 22.6 Å². The Morgan fingerprint density at radius 3 is 2.18 bits per heavy atom. The van der Waals surface area contributed by atoms with Crippen molar-refractivity contribution < 1.29 is 23.7 Å². The van der Waals surface area contributed by atoms with E-state index in [4.69, 9.17) is 11.6 Å². The fourth-order valence-corrected chi connectivity index (χ4v) is 5.89. The van der Waals surface area contributed by atoms with Gasteiger partial charge in [-0.2, -0.15) is 0 Å². The van der Waals surface area contributed by atoms with Gasteiger partial charge in [-0.1, -0.05) is 72.3 Å². The average Bonchev–Trinajstić information content (AvgIpc) is 3.10. The Hall–Kier alpha value is -5.78. The number of nitrogens with one attached hydrogen (secondary N) is 3. The molecule has 5 aromatic rings. The molecule has 0 aliphatic rings. The molecule has 0 bridgehead atoms. The van der Waals surface area contributed by atoms with Crippen LogP contribution in [-0.2, 0) is 9.59 Å². The largest absolute Gasteiger partial charge is 0.324 e. The minimum absolute atomic E-state index is 0.0540. The van der Waals surface area contributed by atoms with Gasteiger partial charge < -0.3 is 16.0 Å². The standard InChI is InChI=1S/C37H28ClFN4O5S/c1-23-15-18-27(43(47)48)21-32(23)41-37(46)34(24-9-4-2-5-10-24)49-28-19-16-26(17-20-28)40-36(45)33(22-29-30(38)13-8-14-31(29)39)42-35(44)25-11-6-3-7-12-25/h2-22,34H,1H3,(H,40,45)(H,41,46)(H,42,44)/b33-22-. The van der Waals surface area contributed by atoms with E-state index in [2.05, 4.69) is 16.0 Å². The Morgan fingerprint density at radius 1 is 0.857 bits per heavy atom. The Kier molecular flexibility index (Phi) is 11.2. The highest BCUT2D eigenvalue weighted by Gasteiger charge is 2.24. The van der Waals surface area contributed by atoms with Crippen LogP contribution >= 0.6 is 23.4 Å². The molecular formula is C37H28ClFN4O5S. The van der Waals surface area contributed by atoms with Crippen molar-refractivity contribution in [1.82, 2.24) is 5.32 Å². The van der Waals surface area contributed by atoms with Crippen LogP contribution in [0.4, 0.5) is 21.5 Å². The van der Waals surface area contributed by atoms with E-state index in [0.717, 1.165) is 0 Å². The fourth-order valence-electron chi connectivity index (χ4n) is 4.64. The third-order valence-corrected chi connectivity index (χ3v) is 8.81. The highest BCUT2D eigenvalue weighted by Crippen LogP contribution is 2.37. The van der Waals surface area contributed by atoms with Crippen LogP contribution in [0.3, 0.4) is 0 Å². The Morgan fingerprint density at radius 2 is 1.53 bits per heavy atom. The number of non-ortho nitro benzene ring substituents is 1. The lowest BCUT2D eigenvalue weighted by Gasteiger charge is -2.18. The molecule has 246 valence electrons. The number of hydrogen-bond acceptors (Lipinski definition) is 6. The molecule has 0 saturated heterocycles. The molecule has 1 atom stereocenters. The molecule has 0 heterocycles. The topological polar surface area (TPSA) is 130 Å². The van der Waals surface area contributed by atoms with Gasteiger partial charge in [-0.3, -0.25) is 24.5 Å². The molecule has 0 aliphatic heterocycles. The predicted molar refractivity (Wildman–Crippen MR) is 190 cm³/mol. The summed E-state index contributed by atoms with van der Waals surface area (Å²) in [5, 5.41) is 18.7. The molecule has 0 saturated carbocycles. The number of aryl methyl sites for hydroxylation is 1. The highest BCUT2D eigenvalue weighted by molar-refractivity contribution is 8.00. The number of nitrogens with zero attached hydrogens (tertiary/aromatic N) is 1. The molecule has 0 aromatic heterocycles. The number of hydrogen-bond donors (Lipinski definition) is 3. The number of thioether (sulfide) groups is 1.